The van der Waals surface area contributed by atoms with E-state index in [-0.39, 0.29) is 24.1 Å². The second-order valence-corrected chi connectivity index (χ2v) is 10.7. The van der Waals surface area contributed by atoms with E-state index in [1.54, 1.807) is 0 Å². The Balaban J connectivity index is 1.90. The number of nitrogens with one attached hydrogen (secondary N) is 1. The largest absolute Gasteiger partial charge is 0.345 e. The maximum absolute atomic E-state index is 13.8. The minimum Gasteiger partial charge on any atom is -0.345 e. The third-order valence-corrected chi connectivity index (χ3v) is 6.85. The number of aromatic nitrogens is 1. The molecule has 3 aromatic carbocycles. The fourth-order valence-electron chi connectivity index (χ4n) is 4.21. The molecule has 1 amide bonds. The van der Waals surface area contributed by atoms with Crippen LogP contribution in [0.1, 0.15) is 40.9 Å². The van der Waals surface area contributed by atoms with E-state index < -0.39 is 9.84 Å². The van der Waals surface area contributed by atoms with Gasteiger partial charge < -0.3 is 5.32 Å². The molecule has 0 bridgehead atoms. The zero-order chi connectivity index (χ0) is 24.1. The van der Waals surface area contributed by atoms with E-state index in [2.05, 4.69) is 5.32 Å². The fourth-order valence-corrected chi connectivity index (χ4v) is 4.79. The van der Waals surface area contributed by atoms with Gasteiger partial charge in [-0.05, 0) is 30.0 Å². The van der Waals surface area contributed by atoms with Crippen LogP contribution < -0.4 is 5.32 Å². The van der Waals surface area contributed by atoms with Crippen LogP contribution in [0.15, 0.2) is 84.9 Å². The lowest BCUT2D eigenvalue weighted by Gasteiger charge is -2.21. The number of para-hydroxylation sites is 1. The molecule has 1 unspecified atom stereocenters. The van der Waals surface area contributed by atoms with Gasteiger partial charge >= 0.3 is 0 Å². The number of amides is 1. The van der Waals surface area contributed by atoms with Crippen LogP contribution >= 0.6 is 0 Å². The van der Waals surface area contributed by atoms with Gasteiger partial charge in [0.05, 0.1) is 28.6 Å². The smallest absolute Gasteiger partial charge is 0.252 e. The number of fused-ring (bicyclic) bond motifs is 1. The van der Waals surface area contributed by atoms with Gasteiger partial charge in [-0.25, -0.2) is 13.4 Å². The van der Waals surface area contributed by atoms with Gasteiger partial charge in [-0.15, -0.1) is 0 Å². The zero-order valence-corrected chi connectivity index (χ0v) is 20.2. The van der Waals surface area contributed by atoms with E-state index >= 15 is 0 Å². The number of hydrogen-bond acceptors (Lipinski definition) is 4. The van der Waals surface area contributed by atoms with Crippen LogP contribution in [-0.4, -0.2) is 31.3 Å². The molecule has 0 aliphatic rings. The minimum atomic E-state index is -3.25. The first-order valence-electron chi connectivity index (χ1n) is 11.4. The van der Waals surface area contributed by atoms with Crippen LogP contribution in [0.5, 0.6) is 0 Å². The molecule has 0 aliphatic heterocycles. The minimum absolute atomic E-state index is 0.0664. The van der Waals surface area contributed by atoms with Crippen LogP contribution in [0.4, 0.5) is 0 Å². The van der Waals surface area contributed by atoms with E-state index in [9.17, 15) is 13.2 Å². The molecule has 4 rings (SSSR count). The first kappa shape index (κ1) is 23.6. The van der Waals surface area contributed by atoms with E-state index in [1.807, 2.05) is 91.9 Å². The number of carbonyl (C=O) groups excluding carboxylic acids is 1. The summed E-state index contributed by atoms with van der Waals surface area (Å²) in [6.45, 7) is 2.03. The van der Waals surface area contributed by atoms with E-state index in [1.165, 1.54) is 6.26 Å². The first-order chi connectivity index (χ1) is 16.4. The summed E-state index contributed by atoms with van der Waals surface area (Å²) in [4.78, 5) is 18.7. The van der Waals surface area contributed by atoms with Gasteiger partial charge in [0.15, 0.2) is 0 Å². The second-order valence-electron chi connectivity index (χ2n) is 8.42. The van der Waals surface area contributed by atoms with Crippen molar-refractivity contribution < 1.29 is 13.2 Å². The Kier molecular flexibility index (Phi) is 7.08. The lowest BCUT2D eigenvalue weighted by molar-refractivity contribution is 0.0936. The van der Waals surface area contributed by atoms with Crippen LogP contribution in [0.3, 0.4) is 0 Å². The Labute approximate surface area is 200 Å². The lowest BCUT2D eigenvalue weighted by Crippen LogP contribution is -2.30. The number of rotatable bonds is 8. The van der Waals surface area contributed by atoms with Crippen molar-refractivity contribution in [1.82, 2.24) is 10.3 Å². The first-order valence-corrected chi connectivity index (χ1v) is 13.4. The normalized spacial score (nSPS) is 12.4. The van der Waals surface area contributed by atoms with Gasteiger partial charge in [-0.3, -0.25) is 4.79 Å². The van der Waals surface area contributed by atoms with Crippen LogP contribution in [0.25, 0.3) is 22.2 Å². The Morgan fingerprint density at radius 3 is 2.18 bits per heavy atom. The number of pyridine rings is 1. The Morgan fingerprint density at radius 2 is 1.53 bits per heavy atom. The van der Waals surface area contributed by atoms with E-state index in [0.717, 1.165) is 17.5 Å². The third kappa shape index (κ3) is 5.34. The summed E-state index contributed by atoms with van der Waals surface area (Å²) < 4.78 is 24.2. The number of carbonyl (C=O) groups is 1. The SMILES string of the molecule is CCC(NC(=O)c1c(CCS(C)(=O)=O)c(-c2ccccc2)nc2ccccc12)c1ccccc1. The van der Waals surface area contributed by atoms with Crippen molar-refractivity contribution >= 4 is 26.6 Å². The molecule has 4 aromatic rings. The molecule has 0 fully saturated rings. The quantitative estimate of drug-likeness (QED) is 0.374. The van der Waals surface area contributed by atoms with Gasteiger partial charge in [0.1, 0.15) is 9.84 Å². The molecule has 1 heterocycles. The second kappa shape index (κ2) is 10.2. The molecule has 1 N–H and O–H groups in total. The van der Waals surface area contributed by atoms with E-state index in [4.69, 9.17) is 4.98 Å². The highest BCUT2D eigenvalue weighted by atomic mass is 32.2. The summed E-state index contributed by atoms with van der Waals surface area (Å²) >= 11 is 0. The predicted molar refractivity (Wildman–Crippen MR) is 138 cm³/mol. The molecule has 0 saturated heterocycles. The fraction of sp³-hybridized carbons (Fsp3) is 0.214. The summed E-state index contributed by atoms with van der Waals surface area (Å²) in [6.07, 6.45) is 2.14. The summed E-state index contributed by atoms with van der Waals surface area (Å²) in [5, 5.41) is 3.91. The summed E-state index contributed by atoms with van der Waals surface area (Å²) in [5.74, 6) is -0.293. The third-order valence-electron chi connectivity index (χ3n) is 5.91. The highest BCUT2D eigenvalue weighted by Gasteiger charge is 2.24. The standard InChI is InChI=1S/C28H28N2O3S/c1-3-24(20-12-6-4-7-13-20)30-28(31)26-22-16-10-11-17-25(22)29-27(21-14-8-5-9-15-21)23(26)18-19-34(2,32)33/h4-17,24H,3,18-19H2,1-2H3,(H,30,31). The van der Waals surface area contributed by atoms with Crippen molar-refractivity contribution in [2.75, 3.05) is 12.0 Å². The van der Waals surface area contributed by atoms with Gasteiger partial charge in [0.25, 0.3) is 5.91 Å². The Hall–Kier alpha value is -3.51. The van der Waals surface area contributed by atoms with Gasteiger partial charge in [-0.2, -0.15) is 0 Å². The number of hydrogen-bond donors (Lipinski definition) is 1. The van der Waals surface area contributed by atoms with E-state index in [0.29, 0.717) is 27.7 Å². The number of benzene rings is 3. The number of nitrogens with zero attached hydrogens (tertiary/aromatic N) is 1. The maximum atomic E-state index is 13.8. The van der Waals surface area contributed by atoms with Crippen molar-refractivity contribution in [2.45, 2.75) is 25.8 Å². The van der Waals surface area contributed by atoms with Gasteiger partial charge in [-0.1, -0.05) is 85.8 Å². The van der Waals surface area contributed by atoms with Crippen LogP contribution in [-0.2, 0) is 16.3 Å². The lowest BCUT2D eigenvalue weighted by atomic mass is 9.94. The average molecular weight is 473 g/mol. The molecule has 0 saturated carbocycles. The summed E-state index contributed by atoms with van der Waals surface area (Å²) in [7, 11) is -3.25. The molecule has 0 aliphatic carbocycles. The molecular weight excluding hydrogens is 444 g/mol. The number of sulfone groups is 1. The summed E-state index contributed by atoms with van der Waals surface area (Å²) in [6, 6.07) is 26.8. The van der Waals surface area contributed by atoms with Gasteiger partial charge in [0.2, 0.25) is 0 Å². The molecule has 1 aromatic heterocycles. The molecule has 34 heavy (non-hydrogen) atoms. The van der Waals surface area contributed by atoms with Gasteiger partial charge in [0, 0.05) is 17.2 Å². The van der Waals surface area contributed by atoms with Crippen molar-refractivity contribution in [3.8, 4) is 11.3 Å². The zero-order valence-electron chi connectivity index (χ0n) is 19.4. The van der Waals surface area contributed by atoms with Crippen molar-refractivity contribution in [3.05, 3.63) is 102 Å². The molecule has 1 atom stereocenters. The molecule has 0 spiro atoms. The van der Waals surface area contributed by atoms with Crippen molar-refractivity contribution in [2.24, 2.45) is 0 Å². The highest BCUT2D eigenvalue weighted by Crippen LogP contribution is 2.31. The average Bonchev–Trinajstić information content (AvgIpc) is 2.85. The molecule has 6 heteroatoms. The van der Waals surface area contributed by atoms with Crippen molar-refractivity contribution in [1.29, 1.82) is 0 Å². The maximum Gasteiger partial charge on any atom is 0.252 e. The monoisotopic (exact) mass is 472 g/mol. The Bertz CT molecular complexity index is 1400. The predicted octanol–water partition coefficient (Wildman–Crippen LogP) is 5.37. The van der Waals surface area contributed by atoms with Crippen molar-refractivity contribution in [3.63, 3.8) is 0 Å². The molecule has 0 radical (unpaired) electrons. The molecular formula is C28H28N2O3S. The molecule has 174 valence electrons. The topological polar surface area (TPSA) is 76.1 Å². The van der Waals surface area contributed by atoms with Crippen LogP contribution in [0, 0.1) is 0 Å². The molecule has 5 nitrogen and oxygen atoms in total. The Morgan fingerprint density at radius 1 is 0.912 bits per heavy atom. The highest BCUT2D eigenvalue weighted by molar-refractivity contribution is 7.90. The van der Waals surface area contributed by atoms with Crippen LogP contribution in [0.2, 0.25) is 0 Å². The summed E-state index contributed by atoms with van der Waals surface area (Å²) in [5.41, 5.74) is 4.35.